The number of nitrogens with one attached hydrogen (secondary N) is 2. The second-order valence-electron chi connectivity index (χ2n) is 6.68. The summed E-state index contributed by atoms with van der Waals surface area (Å²) in [5.41, 5.74) is 3.58. The molecule has 146 valence electrons. The number of benzene rings is 2. The van der Waals surface area contributed by atoms with Gasteiger partial charge in [-0.25, -0.2) is 14.3 Å². The minimum atomic E-state index is -0.0594. The highest BCUT2D eigenvalue weighted by Crippen LogP contribution is 2.28. The Bertz CT molecular complexity index is 1150. The fourth-order valence-corrected chi connectivity index (χ4v) is 4.19. The van der Waals surface area contributed by atoms with Crippen molar-refractivity contribution in [1.82, 2.24) is 19.9 Å². The van der Waals surface area contributed by atoms with Crippen molar-refractivity contribution in [3.8, 4) is 11.3 Å². The zero-order valence-electron chi connectivity index (χ0n) is 15.3. The van der Waals surface area contributed by atoms with E-state index in [9.17, 15) is 4.79 Å². The topological polar surface area (TPSA) is 74.6 Å². The number of anilines is 3. The Morgan fingerprint density at radius 3 is 2.83 bits per heavy atom. The van der Waals surface area contributed by atoms with Gasteiger partial charge in [0.05, 0.1) is 11.9 Å². The van der Waals surface area contributed by atoms with Gasteiger partial charge >= 0.3 is 6.03 Å². The van der Waals surface area contributed by atoms with Crippen LogP contribution >= 0.6 is 22.9 Å². The Balaban J connectivity index is 1.36. The highest BCUT2D eigenvalue weighted by atomic mass is 35.5. The lowest BCUT2D eigenvalue weighted by Gasteiger charge is -2.27. The molecule has 2 amide bonds. The van der Waals surface area contributed by atoms with Crippen LogP contribution in [0.1, 0.15) is 6.42 Å². The summed E-state index contributed by atoms with van der Waals surface area (Å²) >= 11 is 7.42. The van der Waals surface area contributed by atoms with E-state index in [1.165, 1.54) is 11.3 Å². The second kappa shape index (κ2) is 7.38. The van der Waals surface area contributed by atoms with Crippen LogP contribution in [0.25, 0.3) is 16.2 Å². The number of rotatable bonds is 4. The number of aromatic nitrogens is 3. The van der Waals surface area contributed by atoms with Crippen molar-refractivity contribution >= 4 is 50.4 Å². The van der Waals surface area contributed by atoms with E-state index in [2.05, 4.69) is 20.7 Å². The van der Waals surface area contributed by atoms with Crippen molar-refractivity contribution in [2.24, 2.45) is 0 Å². The third kappa shape index (κ3) is 3.64. The van der Waals surface area contributed by atoms with Gasteiger partial charge < -0.3 is 10.6 Å². The molecule has 0 aliphatic carbocycles. The molecule has 1 saturated heterocycles. The zero-order valence-corrected chi connectivity index (χ0v) is 16.9. The Kier molecular flexibility index (Phi) is 4.57. The van der Waals surface area contributed by atoms with E-state index in [0.29, 0.717) is 11.6 Å². The standard InChI is InChI=1S/C20H17ClN6OS/c21-14-7-5-13(6-8-14)17-12-27-20(24-17)29-18(25-27)23-15-3-1-4-16(11-15)26-10-2-9-22-19(26)28/h1,3-8,11-12H,2,9-10H2,(H,22,28)(H,23,25). The molecule has 2 aromatic carbocycles. The van der Waals surface area contributed by atoms with E-state index in [1.807, 2.05) is 54.7 Å². The summed E-state index contributed by atoms with van der Waals surface area (Å²) in [6.07, 6.45) is 2.83. The maximum absolute atomic E-state index is 12.1. The lowest BCUT2D eigenvalue weighted by molar-refractivity contribution is 0.243. The third-order valence-corrected chi connectivity index (χ3v) is 5.76. The largest absolute Gasteiger partial charge is 0.338 e. The number of imidazole rings is 1. The van der Waals surface area contributed by atoms with Crippen LogP contribution in [0.5, 0.6) is 0 Å². The van der Waals surface area contributed by atoms with Gasteiger partial charge in [-0.2, -0.15) is 0 Å². The molecule has 3 heterocycles. The van der Waals surface area contributed by atoms with Crippen LogP contribution in [0, 0.1) is 0 Å². The molecule has 1 fully saturated rings. The summed E-state index contributed by atoms with van der Waals surface area (Å²) in [6, 6.07) is 15.3. The number of nitrogens with zero attached hydrogens (tertiary/aromatic N) is 4. The number of fused-ring (bicyclic) bond motifs is 1. The number of urea groups is 1. The monoisotopic (exact) mass is 424 g/mol. The van der Waals surface area contributed by atoms with E-state index in [-0.39, 0.29) is 6.03 Å². The van der Waals surface area contributed by atoms with Crippen molar-refractivity contribution in [1.29, 1.82) is 0 Å². The van der Waals surface area contributed by atoms with E-state index >= 15 is 0 Å². The van der Waals surface area contributed by atoms with Gasteiger partial charge in [-0.15, -0.1) is 5.10 Å². The smallest absolute Gasteiger partial charge is 0.321 e. The lowest BCUT2D eigenvalue weighted by Crippen LogP contribution is -2.46. The van der Waals surface area contributed by atoms with E-state index in [4.69, 9.17) is 11.6 Å². The average molecular weight is 425 g/mol. The van der Waals surface area contributed by atoms with Gasteiger partial charge in [0.1, 0.15) is 0 Å². The normalized spacial score (nSPS) is 14.2. The van der Waals surface area contributed by atoms with Crippen LogP contribution in [0.3, 0.4) is 0 Å². The fraction of sp³-hybridized carbons (Fsp3) is 0.150. The maximum Gasteiger partial charge on any atom is 0.321 e. The van der Waals surface area contributed by atoms with Crippen molar-refractivity contribution in [2.75, 3.05) is 23.3 Å². The van der Waals surface area contributed by atoms with Gasteiger partial charge in [-0.1, -0.05) is 41.1 Å². The molecule has 2 N–H and O–H groups in total. The van der Waals surface area contributed by atoms with E-state index < -0.39 is 0 Å². The van der Waals surface area contributed by atoms with Crippen LogP contribution in [0.15, 0.2) is 54.7 Å². The van der Waals surface area contributed by atoms with Crippen LogP contribution in [0.2, 0.25) is 5.02 Å². The Morgan fingerprint density at radius 1 is 1.17 bits per heavy atom. The summed E-state index contributed by atoms with van der Waals surface area (Å²) in [5.74, 6) is 0. The highest BCUT2D eigenvalue weighted by Gasteiger charge is 2.19. The second-order valence-corrected chi connectivity index (χ2v) is 8.07. The van der Waals surface area contributed by atoms with Crippen LogP contribution < -0.4 is 15.5 Å². The molecular formula is C20H17ClN6OS. The summed E-state index contributed by atoms with van der Waals surface area (Å²) < 4.78 is 1.76. The minimum Gasteiger partial charge on any atom is -0.338 e. The number of hydrogen-bond donors (Lipinski definition) is 2. The van der Waals surface area contributed by atoms with Crippen molar-refractivity contribution in [3.05, 3.63) is 59.8 Å². The van der Waals surface area contributed by atoms with Crippen molar-refractivity contribution in [2.45, 2.75) is 6.42 Å². The van der Waals surface area contributed by atoms with Gasteiger partial charge in [0.25, 0.3) is 0 Å². The molecule has 0 bridgehead atoms. The summed E-state index contributed by atoms with van der Waals surface area (Å²) in [4.78, 5) is 19.3. The minimum absolute atomic E-state index is 0.0594. The fourth-order valence-electron chi connectivity index (χ4n) is 3.26. The predicted molar refractivity (Wildman–Crippen MR) is 116 cm³/mol. The number of hydrogen-bond acceptors (Lipinski definition) is 5. The van der Waals surface area contributed by atoms with Crippen LogP contribution in [0.4, 0.5) is 21.3 Å². The predicted octanol–water partition coefficient (Wildman–Crippen LogP) is 4.77. The first-order valence-electron chi connectivity index (χ1n) is 9.20. The molecule has 2 aromatic heterocycles. The van der Waals surface area contributed by atoms with Crippen LogP contribution in [-0.4, -0.2) is 33.7 Å². The molecule has 4 aromatic rings. The Labute approximate surface area is 175 Å². The average Bonchev–Trinajstić information content (AvgIpc) is 3.28. The molecule has 9 heteroatoms. The molecule has 0 saturated carbocycles. The molecule has 0 spiro atoms. The summed E-state index contributed by atoms with van der Waals surface area (Å²) in [6.45, 7) is 1.44. The van der Waals surface area contributed by atoms with Crippen LogP contribution in [-0.2, 0) is 0 Å². The molecule has 29 heavy (non-hydrogen) atoms. The number of carbonyl (C=O) groups excluding carboxylic acids is 1. The van der Waals surface area contributed by atoms with Gasteiger partial charge in [-0.05, 0) is 36.8 Å². The molecule has 1 aliphatic rings. The summed E-state index contributed by atoms with van der Waals surface area (Å²) in [5, 5.41) is 12.2. The third-order valence-electron chi connectivity index (χ3n) is 4.67. The first kappa shape index (κ1) is 18.0. The SMILES string of the molecule is O=C1NCCCN1c1cccc(Nc2nn3cc(-c4ccc(Cl)cc4)nc3s2)c1. The molecule has 7 nitrogen and oxygen atoms in total. The molecule has 0 atom stereocenters. The van der Waals surface area contributed by atoms with Gasteiger partial charge in [0.2, 0.25) is 10.1 Å². The first-order chi connectivity index (χ1) is 14.2. The Morgan fingerprint density at radius 2 is 2.03 bits per heavy atom. The number of halogens is 1. The van der Waals surface area contributed by atoms with Gasteiger partial charge in [0, 0.05) is 35.1 Å². The van der Waals surface area contributed by atoms with Crippen molar-refractivity contribution < 1.29 is 4.79 Å². The quantitative estimate of drug-likeness (QED) is 0.494. The molecule has 0 radical (unpaired) electrons. The van der Waals surface area contributed by atoms with Crippen molar-refractivity contribution in [3.63, 3.8) is 0 Å². The molecule has 0 unspecified atom stereocenters. The summed E-state index contributed by atoms with van der Waals surface area (Å²) in [7, 11) is 0. The molecule has 5 rings (SSSR count). The first-order valence-corrected chi connectivity index (χ1v) is 10.4. The molecular weight excluding hydrogens is 408 g/mol. The Hall–Kier alpha value is -3.10. The molecule has 1 aliphatic heterocycles. The highest BCUT2D eigenvalue weighted by molar-refractivity contribution is 7.20. The number of amides is 2. The van der Waals surface area contributed by atoms with Gasteiger partial charge in [-0.3, -0.25) is 4.90 Å². The maximum atomic E-state index is 12.1. The van der Waals surface area contributed by atoms with E-state index in [0.717, 1.165) is 45.7 Å². The zero-order chi connectivity index (χ0) is 19.8. The van der Waals surface area contributed by atoms with Gasteiger partial charge in [0.15, 0.2) is 0 Å². The lowest BCUT2D eigenvalue weighted by atomic mass is 10.2. The van der Waals surface area contributed by atoms with E-state index in [1.54, 1.807) is 9.42 Å². The number of carbonyl (C=O) groups is 1.